The van der Waals surface area contributed by atoms with Gasteiger partial charge in [-0.1, -0.05) is 38.1 Å². The van der Waals surface area contributed by atoms with Gasteiger partial charge in [-0.05, 0) is 60.0 Å². The molecule has 52 heavy (non-hydrogen) atoms. The highest BCUT2D eigenvalue weighted by Crippen LogP contribution is 2.36. The third-order valence-corrected chi connectivity index (χ3v) is 9.83. The van der Waals surface area contributed by atoms with Crippen molar-refractivity contribution in [3.8, 4) is 23.2 Å². The Balaban J connectivity index is 0.840. The van der Waals surface area contributed by atoms with E-state index in [1.165, 1.54) is 11.1 Å². The van der Waals surface area contributed by atoms with E-state index in [-0.39, 0.29) is 41.5 Å². The highest BCUT2D eigenvalue weighted by Gasteiger charge is 2.45. The van der Waals surface area contributed by atoms with Crippen LogP contribution >= 0.6 is 0 Å². The van der Waals surface area contributed by atoms with Gasteiger partial charge in [0.1, 0.15) is 30.0 Å². The van der Waals surface area contributed by atoms with Gasteiger partial charge in [-0.25, -0.2) is 9.97 Å². The number of fused-ring (bicyclic) bond motifs is 1. The van der Waals surface area contributed by atoms with E-state index in [1.54, 1.807) is 36.7 Å². The molecule has 4 amide bonds. The Hall–Kier alpha value is -6.44. The molecule has 1 unspecified atom stereocenters. The van der Waals surface area contributed by atoms with E-state index in [2.05, 4.69) is 56.8 Å². The van der Waals surface area contributed by atoms with Crippen LogP contribution in [0.5, 0.6) is 17.4 Å². The molecule has 2 aliphatic heterocycles. The quantitative estimate of drug-likeness (QED) is 0.196. The lowest BCUT2D eigenvalue weighted by Crippen LogP contribution is -2.54. The van der Waals surface area contributed by atoms with Gasteiger partial charge in [0, 0.05) is 42.5 Å². The van der Waals surface area contributed by atoms with Crippen molar-refractivity contribution in [3.63, 3.8) is 0 Å². The number of ether oxygens (including phenoxy) is 2. The van der Waals surface area contributed by atoms with Crippen LogP contribution in [0.25, 0.3) is 5.82 Å². The van der Waals surface area contributed by atoms with Gasteiger partial charge in [-0.3, -0.25) is 29.4 Å². The molecule has 1 saturated heterocycles. The number of piperidine rings is 1. The van der Waals surface area contributed by atoms with Gasteiger partial charge >= 0.3 is 0 Å². The standard InChI is InChI=1S/C38H34N8O6/c1-38(2,23-5-10-27(11-6-23)52-34-20-32(39-21-40-34)46-41-15-16-42-46)22-3-8-26(9-4-22)51-28-17-25(18-28)43-24-7-12-29-30(19-24)37(50)45(36(29)49)31-13-14-33(47)44-35(31)48/h3-12,15-16,19-21,25,28,31,43H,13-14,17-18H2,1-2H3,(H,44,47,48)/t25-,28-,31?. The summed E-state index contributed by atoms with van der Waals surface area (Å²) in [6.45, 7) is 4.34. The number of nitrogens with zero attached hydrogens (tertiary/aromatic N) is 6. The summed E-state index contributed by atoms with van der Waals surface area (Å²) < 4.78 is 12.2. The van der Waals surface area contributed by atoms with Crippen LogP contribution in [0.1, 0.15) is 71.4 Å². The Morgan fingerprint density at radius 3 is 2.17 bits per heavy atom. The van der Waals surface area contributed by atoms with Crippen LogP contribution in [0.15, 0.2) is 91.5 Å². The van der Waals surface area contributed by atoms with Crippen LogP contribution in [0.2, 0.25) is 0 Å². The molecular formula is C38H34N8O6. The largest absolute Gasteiger partial charge is 0.490 e. The number of hydrogen-bond acceptors (Lipinski definition) is 11. The lowest BCUT2D eigenvalue weighted by atomic mass is 9.78. The highest BCUT2D eigenvalue weighted by molar-refractivity contribution is 6.23. The van der Waals surface area contributed by atoms with Gasteiger partial charge in [0.2, 0.25) is 17.7 Å². The zero-order valence-corrected chi connectivity index (χ0v) is 28.4. The Morgan fingerprint density at radius 1 is 0.808 bits per heavy atom. The molecule has 14 heteroatoms. The van der Waals surface area contributed by atoms with Crippen LogP contribution in [0, 0.1) is 0 Å². The maximum absolute atomic E-state index is 13.2. The molecule has 1 saturated carbocycles. The minimum absolute atomic E-state index is 0.0336. The number of hydrogen-bond donors (Lipinski definition) is 2. The Morgan fingerprint density at radius 2 is 1.48 bits per heavy atom. The zero-order valence-electron chi connectivity index (χ0n) is 28.4. The van der Waals surface area contributed by atoms with Crippen LogP contribution in [-0.2, 0) is 15.0 Å². The molecule has 2 fully saturated rings. The normalized spacial score (nSPS) is 19.9. The fourth-order valence-corrected chi connectivity index (χ4v) is 6.78. The van der Waals surface area contributed by atoms with Crippen molar-refractivity contribution in [2.75, 3.05) is 5.32 Å². The van der Waals surface area contributed by atoms with E-state index in [4.69, 9.17) is 9.47 Å². The molecule has 8 rings (SSSR count). The summed E-state index contributed by atoms with van der Waals surface area (Å²) in [5, 5.41) is 13.8. The highest BCUT2D eigenvalue weighted by atomic mass is 16.5. The van der Waals surface area contributed by atoms with Crippen molar-refractivity contribution in [1.82, 2.24) is 35.2 Å². The summed E-state index contributed by atoms with van der Waals surface area (Å²) in [6, 6.07) is 21.9. The first-order valence-electron chi connectivity index (χ1n) is 17.0. The van der Waals surface area contributed by atoms with E-state index < -0.39 is 29.7 Å². The number of amides is 4. The van der Waals surface area contributed by atoms with E-state index in [0.29, 0.717) is 23.1 Å². The first-order valence-corrected chi connectivity index (χ1v) is 17.0. The van der Waals surface area contributed by atoms with E-state index in [0.717, 1.165) is 34.6 Å². The van der Waals surface area contributed by atoms with Crippen molar-refractivity contribution in [1.29, 1.82) is 0 Å². The second-order valence-electron chi connectivity index (χ2n) is 13.6. The molecule has 3 aliphatic rings. The van der Waals surface area contributed by atoms with Gasteiger partial charge < -0.3 is 14.8 Å². The minimum Gasteiger partial charge on any atom is -0.490 e. The average molecular weight is 699 g/mol. The van der Waals surface area contributed by atoms with Crippen molar-refractivity contribution >= 4 is 29.3 Å². The summed E-state index contributed by atoms with van der Waals surface area (Å²) in [7, 11) is 0. The van der Waals surface area contributed by atoms with Crippen molar-refractivity contribution in [2.45, 2.75) is 63.1 Å². The predicted molar refractivity (Wildman–Crippen MR) is 186 cm³/mol. The summed E-state index contributed by atoms with van der Waals surface area (Å²) in [5.41, 5.74) is 3.19. The monoisotopic (exact) mass is 698 g/mol. The van der Waals surface area contributed by atoms with Gasteiger partial charge in [-0.2, -0.15) is 10.2 Å². The Labute approximate surface area is 298 Å². The molecule has 1 aliphatic carbocycles. The number of imide groups is 2. The SMILES string of the molecule is CC(C)(c1ccc(Oc2cc(-n3nccn3)ncn2)cc1)c1ccc(O[C@H]2C[C@H](Nc3ccc4c(c3)C(=O)N(C3CCC(=O)NC3=O)C4=O)C2)cc1. The summed E-state index contributed by atoms with van der Waals surface area (Å²) in [6.07, 6.45) is 6.33. The van der Waals surface area contributed by atoms with Crippen LogP contribution in [0.3, 0.4) is 0 Å². The number of carbonyl (C=O) groups is 4. The number of benzene rings is 3. The smallest absolute Gasteiger partial charge is 0.262 e. The van der Waals surface area contributed by atoms with Gasteiger partial charge in [0.15, 0.2) is 5.82 Å². The number of carbonyl (C=O) groups excluding carboxylic acids is 4. The number of rotatable bonds is 10. The van der Waals surface area contributed by atoms with E-state index in [9.17, 15) is 19.2 Å². The van der Waals surface area contributed by atoms with Crippen molar-refractivity contribution in [3.05, 3.63) is 114 Å². The van der Waals surface area contributed by atoms with Crippen LogP contribution in [-0.4, -0.2) is 71.7 Å². The molecule has 2 aromatic heterocycles. The molecule has 0 radical (unpaired) electrons. The van der Waals surface area contributed by atoms with Gasteiger partial charge in [0.25, 0.3) is 11.8 Å². The molecule has 1 atom stereocenters. The second kappa shape index (κ2) is 13.0. The number of anilines is 1. The summed E-state index contributed by atoms with van der Waals surface area (Å²) in [4.78, 5) is 60.8. The molecular weight excluding hydrogens is 664 g/mol. The zero-order chi connectivity index (χ0) is 36.0. The molecule has 5 aromatic rings. The van der Waals surface area contributed by atoms with Crippen molar-refractivity contribution in [2.24, 2.45) is 0 Å². The Kier molecular flexibility index (Phi) is 8.20. The van der Waals surface area contributed by atoms with Crippen LogP contribution < -0.4 is 20.1 Å². The van der Waals surface area contributed by atoms with E-state index >= 15 is 0 Å². The molecule has 14 nitrogen and oxygen atoms in total. The maximum atomic E-state index is 13.2. The fraction of sp³-hybridized carbons (Fsp3) is 0.263. The van der Waals surface area contributed by atoms with E-state index in [1.807, 2.05) is 36.4 Å². The fourth-order valence-electron chi connectivity index (χ4n) is 6.78. The summed E-state index contributed by atoms with van der Waals surface area (Å²) in [5.74, 6) is 0.249. The lowest BCUT2D eigenvalue weighted by molar-refractivity contribution is -0.136. The predicted octanol–water partition coefficient (Wildman–Crippen LogP) is 4.60. The number of nitrogens with one attached hydrogen (secondary N) is 2. The topological polar surface area (TPSA) is 171 Å². The molecule has 2 N–H and O–H groups in total. The van der Waals surface area contributed by atoms with Crippen LogP contribution in [0.4, 0.5) is 5.69 Å². The maximum Gasteiger partial charge on any atom is 0.262 e. The number of aromatic nitrogens is 5. The van der Waals surface area contributed by atoms with Gasteiger partial charge in [-0.15, -0.1) is 4.80 Å². The first kappa shape index (κ1) is 32.7. The van der Waals surface area contributed by atoms with Crippen molar-refractivity contribution < 1.29 is 28.7 Å². The molecule has 262 valence electrons. The third kappa shape index (κ3) is 6.23. The molecule has 0 spiro atoms. The minimum atomic E-state index is -0.989. The summed E-state index contributed by atoms with van der Waals surface area (Å²) >= 11 is 0. The third-order valence-electron chi connectivity index (χ3n) is 9.83. The molecule has 3 aromatic carbocycles. The Bertz CT molecular complexity index is 2180. The lowest BCUT2D eigenvalue weighted by Gasteiger charge is -2.36. The molecule has 4 heterocycles. The first-order chi connectivity index (χ1) is 25.1. The average Bonchev–Trinajstić information content (AvgIpc) is 3.75. The van der Waals surface area contributed by atoms with Gasteiger partial charge in [0.05, 0.1) is 23.5 Å². The molecule has 0 bridgehead atoms. The second-order valence-corrected chi connectivity index (χ2v) is 13.6.